The van der Waals surface area contributed by atoms with Gasteiger partial charge in [0, 0.05) is 17.1 Å². The molecule has 0 bridgehead atoms. The largest absolute Gasteiger partial charge is 0.312 e. The van der Waals surface area contributed by atoms with E-state index in [0.29, 0.717) is 16.3 Å². The van der Waals surface area contributed by atoms with E-state index in [1.54, 1.807) is 12.1 Å². The number of amides is 1. The lowest BCUT2D eigenvalue weighted by Gasteiger charge is -2.11. The summed E-state index contributed by atoms with van der Waals surface area (Å²) in [5.41, 5.74) is 2.81. The number of hydrogen-bond donors (Lipinski definition) is 2. The van der Waals surface area contributed by atoms with E-state index < -0.39 is 0 Å². The van der Waals surface area contributed by atoms with E-state index >= 15 is 0 Å². The third kappa shape index (κ3) is 2.66. The van der Waals surface area contributed by atoms with Crippen LogP contribution in [0, 0.1) is 18.3 Å². The first-order valence-electron chi connectivity index (χ1n) is 6.69. The molecule has 106 valence electrons. The molecule has 3 heterocycles. The van der Waals surface area contributed by atoms with E-state index in [1.807, 2.05) is 13.0 Å². The highest BCUT2D eigenvalue weighted by Gasteiger charge is 2.22. The molecular weight excluding hydrogens is 284 g/mol. The highest BCUT2D eigenvalue weighted by molar-refractivity contribution is 7.16. The third-order valence-corrected chi connectivity index (χ3v) is 4.54. The lowest BCUT2D eigenvalue weighted by atomic mass is 10.1. The van der Waals surface area contributed by atoms with Gasteiger partial charge in [0.1, 0.15) is 16.8 Å². The third-order valence-electron chi connectivity index (χ3n) is 3.39. The van der Waals surface area contributed by atoms with Crippen LogP contribution in [-0.2, 0) is 13.0 Å². The molecule has 0 radical (unpaired) electrons. The summed E-state index contributed by atoms with van der Waals surface area (Å²) < 4.78 is 0. The smallest absolute Gasteiger partial charge is 0.274 e. The topological polar surface area (TPSA) is 77.8 Å². The van der Waals surface area contributed by atoms with Crippen LogP contribution in [0.1, 0.15) is 32.2 Å². The molecule has 21 heavy (non-hydrogen) atoms. The van der Waals surface area contributed by atoms with Crippen LogP contribution >= 0.6 is 11.3 Å². The summed E-state index contributed by atoms with van der Waals surface area (Å²) in [7, 11) is 0. The van der Waals surface area contributed by atoms with E-state index in [-0.39, 0.29) is 5.91 Å². The Balaban J connectivity index is 1.90. The summed E-state index contributed by atoms with van der Waals surface area (Å²) in [5.74, 6) is -0.276. The van der Waals surface area contributed by atoms with Gasteiger partial charge in [0.25, 0.3) is 5.91 Å². The molecule has 0 spiro atoms. The van der Waals surface area contributed by atoms with Gasteiger partial charge in [0.2, 0.25) is 0 Å². The van der Waals surface area contributed by atoms with E-state index in [4.69, 9.17) is 0 Å². The number of carbonyl (C=O) groups is 1. The van der Waals surface area contributed by atoms with Gasteiger partial charge in [-0.25, -0.2) is 4.98 Å². The molecule has 0 atom stereocenters. The number of thiophene rings is 1. The molecule has 1 aliphatic heterocycles. The van der Waals surface area contributed by atoms with Crippen molar-refractivity contribution in [3.8, 4) is 6.07 Å². The summed E-state index contributed by atoms with van der Waals surface area (Å²) in [6.45, 7) is 3.46. The number of nitrogens with zero attached hydrogens (tertiary/aromatic N) is 2. The molecule has 5 nitrogen and oxygen atoms in total. The minimum Gasteiger partial charge on any atom is -0.312 e. The van der Waals surface area contributed by atoms with E-state index in [0.717, 1.165) is 35.6 Å². The Morgan fingerprint density at radius 3 is 3.14 bits per heavy atom. The van der Waals surface area contributed by atoms with Crippen molar-refractivity contribution < 1.29 is 4.79 Å². The Labute approximate surface area is 126 Å². The summed E-state index contributed by atoms with van der Waals surface area (Å²) in [6.07, 6.45) is 0.827. The van der Waals surface area contributed by atoms with Crippen molar-refractivity contribution in [1.82, 2.24) is 10.3 Å². The van der Waals surface area contributed by atoms with Crippen molar-refractivity contribution in [2.45, 2.75) is 19.9 Å². The van der Waals surface area contributed by atoms with Gasteiger partial charge >= 0.3 is 0 Å². The van der Waals surface area contributed by atoms with Crippen LogP contribution < -0.4 is 10.6 Å². The number of anilines is 1. The zero-order chi connectivity index (χ0) is 14.8. The molecule has 2 aromatic rings. The molecule has 0 fully saturated rings. The fraction of sp³-hybridized carbons (Fsp3) is 0.267. The van der Waals surface area contributed by atoms with Crippen molar-refractivity contribution in [2.75, 3.05) is 11.9 Å². The van der Waals surface area contributed by atoms with Crippen LogP contribution in [0.4, 0.5) is 5.00 Å². The Morgan fingerprint density at radius 1 is 1.52 bits per heavy atom. The first-order valence-corrected chi connectivity index (χ1v) is 7.51. The van der Waals surface area contributed by atoms with Crippen LogP contribution in [0.3, 0.4) is 0 Å². The highest BCUT2D eigenvalue weighted by Crippen LogP contribution is 2.34. The maximum Gasteiger partial charge on any atom is 0.274 e. The van der Waals surface area contributed by atoms with Crippen LogP contribution in [0.2, 0.25) is 0 Å². The second-order valence-electron chi connectivity index (χ2n) is 4.86. The van der Waals surface area contributed by atoms with Gasteiger partial charge in [-0.05, 0) is 37.6 Å². The average Bonchev–Trinajstić information content (AvgIpc) is 2.84. The van der Waals surface area contributed by atoms with E-state index in [1.165, 1.54) is 11.3 Å². The molecule has 1 aliphatic rings. The van der Waals surface area contributed by atoms with E-state index in [2.05, 4.69) is 21.7 Å². The number of nitriles is 1. The Bertz CT molecular complexity index is 745. The van der Waals surface area contributed by atoms with Gasteiger partial charge in [-0.2, -0.15) is 5.26 Å². The maximum atomic E-state index is 12.3. The zero-order valence-electron chi connectivity index (χ0n) is 11.6. The first-order chi connectivity index (χ1) is 10.2. The first kappa shape index (κ1) is 13.7. The summed E-state index contributed by atoms with van der Waals surface area (Å²) in [4.78, 5) is 17.6. The second-order valence-corrected chi connectivity index (χ2v) is 5.97. The molecule has 0 saturated heterocycles. The number of rotatable bonds is 2. The zero-order valence-corrected chi connectivity index (χ0v) is 12.4. The van der Waals surface area contributed by atoms with Crippen molar-refractivity contribution in [3.63, 3.8) is 0 Å². The second kappa shape index (κ2) is 5.64. The molecule has 2 aromatic heterocycles. The summed E-state index contributed by atoms with van der Waals surface area (Å²) in [5, 5.41) is 16.1. The van der Waals surface area contributed by atoms with Gasteiger partial charge < -0.3 is 10.6 Å². The number of fused-ring (bicyclic) bond motifs is 1. The molecule has 6 heteroatoms. The number of pyridine rings is 1. The Kier molecular flexibility index (Phi) is 3.69. The average molecular weight is 298 g/mol. The molecule has 1 amide bonds. The van der Waals surface area contributed by atoms with Gasteiger partial charge in [-0.15, -0.1) is 11.3 Å². The molecule has 2 N–H and O–H groups in total. The van der Waals surface area contributed by atoms with Crippen molar-refractivity contribution >= 4 is 22.2 Å². The van der Waals surface area contributed by atoms with Crippen LogP contribution in [0.5, 0.6) is 0 Å². The van der Waals surface area contributed by atoms with Crippen LogP contribution in [0.15, 0.2) is 18.2 Å². The monoisotopic (exact) mass is 298 g/mol. The summed E-state index contributed by atoms with van der Waals surface area (Å²) >= 11 is 1.47. The SMILES string of the molecule is Cc1cccc(C(=O)Nc2sc3c(c2C#N)CCNC3)n1. The quantitative estimate of drug-likeness (QED) is 0.891. The minimum atomic E-state index is -0.276. The number of aryl methyl sites for hydroxylation is 1. The van der Waals surface area contributed by atoms with E-state index in [9.17, 15) is 10.1 Å². The van der Waals surface area contributed by atoms with Crippen molar-refractivity contribution in [1.29, 1.82) is 5.26 Å². The van der Waals surface area contributed by atoms with Crippen LogP contribution in [-0.4, -0.2) is 17.4 Å². The fourth-order valence-electron chi connectivity index (χ4n) is 2.38. The number of hydrogen-bond acceptors (Lipinski definition) is 5. The predicted octanol–water partition coefficient (Wildman–Crippen LogP) is 2.22. The number of nitrogens with one attached hydrogen (secondary N) is 2. The fourth-order valence-corrected chi connectivity index (χ4v) is 3.54. The molecule has 0 unspecified atom stereocenters. The van der Waals surface area contributed by atoms with Gasteiger partial charge in [-0.3, -0.25) is 4.79 Å². The molecular formula is C15H14N4OS. The Morgan fingerprint density at radius 2 is 2.38 bits per heavy atom. The molecule has 0 aliphatic carbocycles. The highest BCUT2D eigenvalue weighted by atomic mass is 32.1. The molecule has 0 aromatic carbocycles. The standard InChI is InChI=1S/C15H14N4OS/c1-9-3-2-4-12(18-9)14(20)19-15-11(7-16)10-5-6-17-8-13(10)21-15/h2-4,17H,5-6,8H2,1H3,(H,19,20). The molecule has 0 saturated carbocycles. The predicted molar refractivity (Wildman–Crippen MR) is 81.4 cm³/mol. The van der Waals surface area contributed by atoms with Gasteiger partial charge in [0.05, 0.1) is 5.56 Å². The summed E-state index contributed by atoms with van der Waals surface area (Å²) in [6, 6.07) is 7.53. The number of carbonyl (C=O) groups excluding carboxylic acids is 1. The Hall–Kier alpha value is -2.23. The maximum absolute atomic E-state index is 12.3. The normalized spacial score (nSPS) is 13.3. The van der Waals surface area contributed by atoms with Crippen LogP contribution in [0.25, 0.3) is 0 Å². The lowest BCUT2D eigenvalue weighted by Crippen LogP contribution is -2.22. The minimum absolute atomic E-state index is 0.276. The van der Waals surface area contributed by atoms with Gasteiger partial charge in [0.15, 0.2) is 0 Å². The molecule has 3 rings (SSSR count). The lowest BCUT2D eigenvalue weighted by molar-refractivity contribution is 0.102. The number of aromatic nitrogens is 1. The van der Waals surface area contributed by atoms with Crippen molar-refractivity contribution in [2.24, 2.45) is 0 Å². The van der Waals surface area contributed by atoms with Crippen molar-refractivity contribution in [3.05, 3.63) is 45.6 Å². The van der Waals surface area contributed by atoms with Gasteiger partial charge in [-0.1, -0.05) is 6.07 Å².